The Labute approximate surface area is 594 Å². The number of ether oxygens (including phenoxy) is 4. The lowest BCUT2D eigenvalue weighted by Crippen LogP contribution is -2.30. The van der Waals surface area contributed by atoms with Crippen LogP contribution >= 0.6 is 15.6 Å². The lowest BCUT2D eigenvalue weighted by molar-refractivity contribution is -0.161. The van der Waals surface area contributed by atoms with Crippen LogP contribution < -0.4 is 0 Å². The summed E-state index contributed by atoms with van der Waals surface area (Å²) in [7, 11) is -9.97. The summed E-state index contributed by atoms with van der Waals surface area (Å²) >= 11 is 0. The Morgan fingerprint density at radius 3 is 0.878 bits per heavy atom. The number of aliphatic hydroxyl groups excluding tert-OH is 1. The second kappa shape index (κ2) is 71.1. The van der Waals surface area contributed by atoms with E-state index >= 15 is 0 Å². The van der Waals surface area contributed by atoms with Gasteiger partial charge in [-0.3, -0.25) is 37.3 Å². The smallest absolute Gasteiger partial charge is 0.462 e. The van der Waals surface area contributed by atoms with Gasteiger partial charge in [-0.05, 0) is 122 Å². The summed E-state index contributed by atoms with van der Waals surface area (Å²) in [5.41, 5.74) is 0. The molecule has 5 unspecified atom stereocenters. The molecule has 17 nitrogen and oxygen atoms in total. The Hall–Kier alpha value is -4.28. The molecule has 98 heavy (non-hydrogen) atoms. The number of phosphoric acid groups is 2. The summed E-state index contributed by atoms with van der Waals surface area (Å²) in [6.07, 6.45) is 75.1. The third-order valence-corrected chi connectivity index (χ3v) is 17.6. The van der Waals surface area contributed by atoms with E-state index in [1.807, 2.05) is 0 Å². The minimum atomic E-state index is -4.99. The van der Waals surface area contributed by atoms with Gasteiger partial charge >= 0.3 is 39.5 Å². The molecule has 0 aliphatic rings. The maximum absolute atomic E-state index is 13.1. The molecule has 0 spiro atoms. The first kappa shape index (κ1) is 93.7. The molecule has 0 rings (SSSR count). The zero-order chi connectivity index (χ0) is 71.8. The first-order chi connectivity index (χ1) is 47.7. The van der Waals surface area contributed by atoms with E-state index in [9.17, 15) is 43.2 Å². The van der Waals surface area contributed by atoms with Gasteiger partial charge in [0, 0.05) is 25.7 Å². The van der Waals surface area contributed by atoms with E-state index in [1.54, 1.807) is 0 Å². The van der Waals surface area contributed by atoms with Crippen molar-refractivity contribution in [3.05, 3.63) is 109 Å². The van der Waals surface area contributed by atoms with Gasteiger partial charge in [0.25, 0.3) is 0 Å². The molecule has 0 fully saturated rings. The maximum Gasteiger partial charge on any atom is 0.472 e. The lowest BCUT2D eigenvalue weighted by Gasteiger charge is -2.21. The van der Waals surface area contributed by atoms with Crippen molar-refractivity contribution in [3.8, 4) is 0 Å². The highest BCUT2D eigenvalue weighted by atomic mass is 31.2. The number of aliphatic hydroxyl groups is 1. The predicted molar refractivity (Wildman–Crippen MR) is 399 cm³/mol. The standard InChI is InChI=1S/C79H136O17P2/c1-5-9-13-17-21-25-29-33-36-40-43-47-51-55-59-63-76(81)89-69-74(95-78(83)65-61-57-53-49-45-39-32-28-24-20-16-12-8-4)71-93-97(85,86)91-67-73(80)68-92-98(87,88)94-72-75(96-79(84)66-62-58-54-50-46-42-38-35-31-27-23-19-15-11-7-3)70-90-77(82)64-60-56-52-48-44-41-37-34-30-26-22-18-14-10-6-2/h9-10,13-14,16,20-22,25-26,28,32-34,36-37,43,47,73-75,80H,5-8,11-12,15,17-19,23-24,27,29-31,35,38-42,44-46,48-72H2,1-4H3,(H,85,86)(H,87,88)/b13-9-,14-10-,20-16-,25-21-,26-22-,32-28-,36-33-,37-34-,47-43-. The molecule has 0 radical (unpaired) electrons. The Morgan fingerprint density at radius 2 is 0.551 bits per heavy atom. The number of hydrogen-bond acceptors (Lipinski definition) is 15. The Bertz CT molecular complexity index is 2290. The van der Waals surface area contributed by atoms with E-state index in [1.165, 1.54) is 64.2 Å². The minimum Gasteiger partial charge on any atom is -0.462 e. The fraction of sp³-hybridized carbons (Fsp3) is 0.722. The van der Waals surface area contributed by atoms with E-state index in [-0.39, 0.29) is 25.7 Å². The zero-order valence-corrected chi connectivity index (χ0v) is 63.2. The number of unbranched alkanes of at least 4 members (excludes halogenated alkanes) is 27. The fourth-order valence-electron chi connectivity index (χ4n) is 9.97. The second-order valence-electron chi connectivity index (χ2n) is 25.2. The number of rotatable bonds is 71. The van der Waals surface area contributed by atoms with E-state index in [0.717, 1.165) is 167 Å². The van der Waals surface area contributed by atoms with Crippen LogP contribution in [0.25, 0.3) is 0 Å². The first-order valence-corrected chi connectivity index (χ1v) is 41.1. The van der Waals surface area contributed by atoms with Crippen molar-refractivity contribution in [3.63, 3.8) is 0 Å². The van der Waals surface area contributed by atoms with Gasteiger partial charge in [0.1, 0.15) is 19.3 Å². The molecule has 0 amide bonds. The lowest BCUT2D eigenvalue weighted by atomic mass is 10.0. The topological polar surface area (TPSA) is 237 Å². The summed E-state index contributed by atoms with van der Waals surface area (Å²) in [5.74, 6) is -2.25. The Balaban J connectivity index is 5.39. The highest BCUT2D eigenvalue weighted by Crippen LogP contribution is 2.45. The van der Waals surface area contributed by atoms with Crippen molar-refractivity contribution in [1.29, 1.82) is 0 Å². The third kappa shape index (κ3) is 70.2. The van der Waals surface area contributed by atoms with Crippen molar-refractivity contribution < 1.29 is 80.2 Å². The monoisotopic (exact) mass is 1420 g/mol. The van der Waals surface area contributed by atoms with Crippen LogP contribution in [0.1, 0.15) is 310 Å². The highest BCUT2D eigenvalue weighted by molar-refractivity contribution is 7.47. The van der Waals surface area contributed by atoms with Crippen LogP contribution in [-0.4, -0.2) is 96.7 Å². The highest BCUT2D eigenvalue weighted by Gasteiger charge is 2.30. The van der Waals surface area contributed by atoms with Crippen LogP contribution in [0.15, 0.2) is 109 Å². The summed E-state index contributed by atoms with van der Waals surface area (Å²) in [5, 5.41) is 10.6. The molecular weight excluding hydrogens is 1280 g/mol. The van der Waals surface area contributed by atoms with Gasteiger partial charge in [0.2, 0.25) is 0 Å². The number of phosphoric ester groups is 2. The summed E-state index contributed by atoms with van der Waals surface area (Å²) < 4.78 is 68.4. The normalized spacial score (nSPS) is 14.6. The number of carbonyl (C=O) groups excluding carboxylic acids is 4. The molecule has 0 saturated carbocycles. The first-order valence-electron chi connectivity index (χ1n) is 38.1. The molecule has 0 aliphatic carbocycles. The van der Waals surface area contributed by atoms with Gasteiger partial charge in [-0.1, -0.05) is 272 Å². The molecule has 0 heterocycles. The Kier molecular flexibility index (Phi) is 68.0. The SMILES string of the molecule is CC/C=C\C/C=C\C/C=C\C/C=C\CCCCC(=O)OCC(COP(=O)(O)OCC(O)COP(=O)(O)OCC(COC(=O)CCCCCCC/C=C\C/C=C\C/C=C\CC)OC(=O)CCCCCCCCCCCCCCCCC)OC(=O)CCCCCCC/C=C\C/C=C\CCC. The van der Waals surface area contributed by atoms with Crippen LogP contribution in [0.2, 0.25) is 0 Å². The molecule has 0 aromatic heterocycles. The number of esters is 4. The molecule has 19 heteroatoms. The number of allylic oxidation sites excluding steroid dienone is 18. The van der Waals surface area contributed by atoms with Crippen molar-refractivity contribution in [1.82, 2.24) is 0 Å². The molecule has 0 aromatic rings. The van der Waals surface area contributed by atoms with E-state index in [2.05, 4.69) is 137 Å². The summed E-state index contributed by atoms with van der Waals surface area (Å²) in [4.78, 5) is 72.8. The summed E-state index contributed by atoms with van der Waals surface area (Å²) in [6.45, 7) is 4.52. The van der Waals surface area contributed by atoms with Gasteiger partial charge in [-0.15, -0.1) is 0 Å². The minimum absolute atomic E-state index is 0.0682. The van der Waals surface area contributed by atoms with E-state index in [4.69, 9.17) is 37.0 Å². The van der Waals surface area contributed by atoms with Crippen LogP contribution in [0.5, 0.6) is 0 Å². The second-order valence-corrected chi connectivity index (χ2v) is 28.1. The molecule has 0 aliphatic heterocycles. The van der Waals surface area contributed by atoms with Gasteiger partial charge in [0.15, 0.2) is 12.2 Å². The van der Waals surface area contributed by atoms with Crippen LogP contribution in [0, 0.1) is 0 Å². The van der Waals surface area contributed by atoms with Crippen LogP contribution in [0.3, 0.4) is 0 Å². The van der Waals surface area contributed by atoms with Crippen LogP contribution in [-0.2, 0) is 65.4 Å². The average Bonchev–Trinajstić information content (AvgIpc) is 0.959. The van der Waals surface area contributed by atoms with Gasteiger partial charge in [-0.2, -0.15) is 0 Å². The number of hydrogen-bond donors (Lipinski definition) is 3. The van der Waals surface area contributed by atoms with Crippen molar-refractivity contribution in [2.75, 3.05) is 39.6 Å². The van der Waals surface area contributed by atoms with E-state index < -0.39 is 97.5 Å². The number of carbonyl (C=O) groups is 4. The molecular formula is C79H136O17P2. The van der Waals surface area contributed by atoms with Crippen LogP contribution in [0.4, 0.5) is 0 Å². The van der Waals surface area contributed by atoms with Crippen molar-refractivity contribution >= 4 is 39.5 Å². The van der Waals surface area contributed by atoms with Gasteiger partial charge < -0.3 is 33.8 Å². The third-order valence-electron chi connectivity index (χ3n) is 15.7. The zero-order valence-electron chi connectivity index (χ0n) is 61.4. The fourth-order valence-corrected chi connectivity index (χ4v) is 11.5. The molecule has 0 bridgehead atoms. The molecule has 0 saturated heterocycles. The maximum atomic E-state index is 13.1. The average molecular weight is 1420 g/mol. The largest absolute Gasteiger partial charge is 0.472 e. The predicted octanol–water partition coefficient (Wildman–Crippen LogP) is 21.8. The van der Waals surface area contributed by atoms with E-state index in [0.29, 0.717) is 25.7 Å². The van der Waals surface area contributed by atoms with Crippen molar-refractivity contribution in [2.24, 2.45) is 0 Å². The molecule has 5 atom stereocenters. The van der Waals surface area contributed by atoms with Gasteiger partial charge in [-0.25, -0.2) is 9.13 Å². The Morgan fingerprint density at radius 1 is 0.296 bits per heavy atom. The quantitative estimate of drug-likeness (QED) is 0.0169. The van der Waals surface area contributed by atoms with Gasteiger partial charge in [0.05, 0.1) is 26.4 Å². The molecule has 3 N–H and O–H groups in total. The molecule has 0 aromatic carbocycles. The van der Waals surface area contributed by atoms with Crippen molar-refractivity contribution in [2.45, 2.75) is 329 Å². The molecule has 564 valence electrons. The summed E-state index contributed by atoms with van der Waals surface area (Å²) in [6, 6.07) is 0.